The van der Waals surface area contributed by atoms with Gasteiger partial charge in [-0.2, -0.15) is 0 Å². The quantitative estimate of drug-likeness (QED) is 0.368. The molecule has 0 spiro atoms. The van der Waals surface area contributed by atoms with Crippen molar-refractivity contribution in [2.24, 2.45) is 10.9 Å². The summed E-state index contributed by atoms with van der Waals surface area (Å²) < 4.78 is 5.06. The maximum atomic E-state index is 5.06. The largest absolute Gasteiger partial charge is 0.383 e. The zero-order chi connectivity index (χ0) is 16.2. The highest BCUT2D eigenvalue weighted by Crippen LogP contribution is 2.05. The van der Waals surface area contributed by atoms with Gasteiger partial charge in [0, 0.05) is 59.5 Å². The van der Waals surface area contributed by atoms with Gasteiger partial charge in [-0.1, -0.05) is 13.8 Å². The van der Waals surface area contributed by atoms with Crippen LogP contribution in [0.3, 0.4) is 0 Å². The first kappa shape index (κ1) is 19.2. The van der Waals surface area contributed by atoms with Crippen LogP contribution >= 0.6 is 0 Å². The molecule has 0 aromatic rings. The summed E-state index contributed by atoms with van der Waals surface area (Å²) in [5, 5.41) is 6.56. The van der Waals surface area contributed by atoms with Gasteiger partial charge < -0.3 is 25.2 Å². The van der Waals surface area contributed by atoms with E-state index in [2.05, 4.69) is 46.2 Å². The molecule has 1 aliphatic rings. The van der Waals surface area contributed by atoms with Crippen LogP contribution < -0.4 is 10.6 Å². The summed E-state index contributed by atoms with van der Waals surface area (Å²) in [4.78, 5) is 9.77. The Hall–Kier alpha value is -0.850. The summed E-state index contributed by atoms with van der Waals surface area (Å²) in [6.45, 7) is 16.9. The SMILES string of the molecule is CCNC(=NCC(C)CN1CCN(CC)CC1)NCCOC. The Morgan fingerprint density at radius 3 is 2.41 bits per heavy atom. The molecule has 6 nitrogen and oxygen atoms in total. The van der Waals surface area contributed by atoms with E-state index in [4.69, 9.17) is 4.74 Å². The van der Waals surface area contributed by atoms with Crippen molar-refractivity contribution in [3.63, 3.8) is 0 Å². The van der Waals surface area contributed by atoms with Crippen LogP contribution in [0.1, 0.15) is 20.8 Å². The van der Waals surface area contributed by atoms with Gasteiger partial charge in [0.25, 0.3) is 0 Å². The van der Waals surface area contributed by atoms with E-state index in [0.717, 1.165) is 32.1 Å². The minimum Gasteiger partial charge on any atom is -0.383 e. The van der Waals surface area contributed by atoms with Crippen molar-refractivity contribution in [2.75, 3.05) is 72.6 Å². The number of methoxy groups -OCH3 is 1. The molecule has 1 atom stereocenters. The number of hydrogen-bond donors (Lipinski definition) is 2. The van der Waals surface area contributed by atoms with Crippen LogP contribution in [0, 0.1) is 5.92 Å². The molecular formula is C16H35N5O. The van der Waals surface area contributed by atoms with Gasteiger partial charge >= 0.3 is 0 Å². The maximum absolute atomic E-state index is 5.06. The van der Waals surface area contributed by atoms with E-state index >= 15 is 0 Å². The lowest BCUT2D eigenvalue weighted by Crippen LogP contribution is -2.47. The van der Waals surface area contributed by atoms with Crippen molar-refractivity contribution in [3.8, 4) is 0 Å². The lowest BCUT2D eigenvalue weighted by molar-refractivity contribution is 0.125. The highest BCUT2D eigenvalue weighted by Gasteiger charge is 2.17. The monoisotopic (exact) mass is 313 g/mol. The van der Waals surface area contributed by atoms with Gasteiger partial charge in [-0.25, -0.2) is 0 Å². The Morgan fingerprint density at radius 1 is 1.14 bits per heavy atom. The molecule has 1 unspecified atom stereocenters. The number of guanidine groups is 1. The molecule has 0 bridgehead atoms. The van der Waals surface area contributed by atoms with Crippen molar-refractivity contribution in [1.82, 2.24) is 20.4 Å². The van der Waals surface area contributed by atoms with Crippen LogP contribution in [0.5, 0.6) is 0 Å². The summed E-state index contributed by atoms with van der Waals surface area (Å²) in [5.41, 5.74) is 0. The van der Waals surface area contributed by atoms with Crippen LogP contribution in [-0.4, -0.2) is 88.4 Å². The normalized spacial score (nSPS) is 19.2. The van der Waals surface area contributed by atoms with E-state index in [0.29, 0.717) is 12.5 Å². The second-order valence-corrected chi connectivity index (χ2v) is 5.98. The fourth-order valence-electron chi connectivity index (χ4n) is 2.65. The molecule has 130 valence electrons. The molecular weight excluding hydrogens is 278 g/mol. The van der Waals surface area contributed by atoms with Crippen molar-refractivity contribution < 1.29 is 4.74 Å². The summed E-state index contributed by atoms with van der Waals surface area (Å²) in [7, 11) is 1.71. The number of nitrogens with zero attached hydrogens (tertiary/aromatic N) is 3. The fraction of sp³-hybridized carbons (Fsp3) is 0.938. The molecule has 1 heterocycles. The lowest BCUT2D eigenvalue weighted by Gasteiger charge is -2.35. The standard InChI is InChI=1S/C16H35N5O/c1-5-17-16(18-7-12-22-4)19-13-15(3)14-21-10-8-20(6-2)9-11-21/h15H,5-14H2,1-4H3,(H2,17,18,19). The summed E-state index contributed by atoms with van der Waals surface area (Å²) in [5.74, 6) is 1.47. The second-order valence-electron chi connectivity index (χ2n) is 5.98. The van der Waals surface area contributed by atoms with Crippen molar-refractivity contribution in [3.05, 3.63) is 0 Å². The topological polar surface area (TPSA) is 52.1 Å². The van der Waals surface area contributed by atoms with Crippen molar-refractivity contribution in [2.45, 2.75) is 20.8 Å². The van der Waals surface area contributed by atoms with Gasteiger partial charge in [0.2, 0.25) is 0 Å². The zero-order valence-electron chi connectivity index (χ0n) is 14.9. The number of hydrogen-bond acceptors (Lipinski definition) is 4. The highest BCUT2D eigenvalue weighted by atomic mass is 16.5. The van der Waals surface area contributed by atoms with Gasteiger partial charge in [0.1, 0.15) is 0 Å². The molecule has 1 saturated heterocycles. The first-order valence-corrected chi connectivity index (χ1v) is 8.65. The number of likely N-dealkylation sites (N-methyl/N-ethyl adjacent to an activating group) is 1. The summed E-state index contributed by atoms with van der Waals surface area (Å²) in [6.07, 6.45) is 0. The molecule has 1 rings (SSSR count). The molecule has 0 aliphatic carbocycles. The minimum absolute atomic E-state index is 0.575. The number of piperazine rings is 1. The molecule has 6 heteroatoms. The van der Waals surface area contributed by atoms with Crippen LogP contribution in [-0.2, 0) is 4.74 Å². The number of nitrogens with one attached hydrogen (secondary N) is 2. The molecule has 1 fully saturated rings. The molecule has 22 heavy (non-hydrogen) atoms. The second kappa shape index (κ2) is 11.7. The Bertz CT molecular complexity index is 303. The van der Waals surface area contributed by atoms with Crippen molar-refractivity contribution in [1.29, 1.82) is 0 Å². The maximum Gasteiger partial charge on any atom is 0.191 e. The van der Waals surface area contributed by atoms with E-state index in [-0.39, 0.29) is 0 Å². The van der Waals surface area contributed by atoms with E-state index in [1.54, 1.807) is 7.11 Å². The van der Waals surface area contributed by atoms with E-state index in [1.165, 1.54) is 32.7 Å². The molecule has 0 radical (unpaired) electrons. The Balaban J connectivity index is 2.29. The number of rotatable bonds is 9. The van der Waals surface area contributed by atoms with Crippen molar-refractivity contribution >= 4 is 5.96 Å². The Labute approximate surface area is 136 Å². The number of aliphatic imine (C=N–C) groups is 1. The third-order valence-corrected chi connectivity index (χ3v) is 3.99. The highest BCUT2D eigenvalue weighted by molar-refractivity contribution is 5.79. The van der Waals surface area contributed by atoms with E-state index < -0.39 is 0 Å². The molecule has 0 aromatic heterocycles. The van der Waals surface area contributed by atoms with Gasteiger partial charge in [0.15, 0.2) is 5.96 Å². The van der Waals surface area contributed by atoms with E-state index in [9.17, 15) is 0 Å². The first-order valence-electron chi connectivity index (χ1n) is 8.65. The van der Waals surface area contributed by atoms with Crippen LogP contribution in [0.25, 0.3) is 0 Å². The molecule has 0 amide bonds. The minimum atomic E-state index is 0.575. The zero-order valence-corrected chi connectivity index (χ0v) is 14.9. The summed E-state index contributed by atoms with van der Waals surface area (Å²) >= 11 is 0. The van der Waals surface area contributed by atoms with Crippen LogP contribution in [0.2, 0.25) is 0 Å². The predicted octanol–water partition coefficient (Wildman–Crippen LogP) is 0.462. The van der Waals surface area contributed by atoms with Gasteiger partial charge in [-0.05, 0) is 19.4 Å². The number of ether oxygens (including phenoxy) is 1. The molecule has 2 N–H and O–H groups in total. The average Bonchev–Trinajstić information content (AvgIpc) is 2.53. The van der Waals surface area contributed by atoms with Gasteiger partial charge in [0.05, 0.1) is 6.61 Å². The smallest absolute Gasteiger partial charge is 0.191 e. The summed E-state index contributed by atoms with van der Waals surface area (Å²) in [6, 6.07) is 0. The van der Waals surface area contributed by atoms with Gasteiger partial charge in [-0.15, -0.1) is 0 Å². The molecule has 1 aliphatic heterocycles. The fourth-order valence-corrected chi connectivity index (χ4v) is 2.65. The van der Waals surface area contributed by atoms with Crippen LogP contribution in [0.15, 0.2) is 4.99 Å². The predicted molar refractivity (Wildman–Crippen MR) is 93.6 cm³/mol. The molecule has 0 saturated carbocycles. The lowest BCUT2D eigenvalue weighted by atomic mass is 10.1. The van der Waals surface area contributed by atoms with Gasteiger partial charge in [-0.3, -0.25) is 4.99 Å². The van der Waals surface area contributed by atoms with Crippen LogP contribution in [0.4, 0.5) is 0 Å². The third kappa shape index (κ3) is 7.96. The third-order valence-electron chi connectivity index (χ3n) is 3.99. The Kier molecular flexibility index (Phi) is 10.2. The molecule has 0 aromatic carbocycles. The first-order chi connectivity index (χ1) is 10.7. The average molecular weight is 313 g/mol. The Morgan fingerprint density at radius 2 is 1.82 bits per heavy atom. The van der Waals surface area contributed by atoms with E-state index in [1.807, 2.05) is 0 Å².